The third-order valence-corrected chi connectivity index (χ3v) is 5.88. The van der Waals surface area contributed by atoms with E-state index in [2.05, 4.69) is 37.4 Å². The van der Waals surface area contributed by atoms with E-state index in [4.69, 9.17) is 11.6 Å². The fourth-order valence-corrected chi connectivity index (χ4v) is 4.24. The fourth-order valence-electron chi connectivity index (χ4n) is 3.27. The molecule has 30 heavy (non-hydrogen) atoms. The first-order chi connectivity index (χ1) is 14.2. The number of nitrogens with one attached hydrogen (secondary N) is 1. The second-order valence-corrected chi connectivity index (χ2v) is 9.40. The summed E-state index contributed by atoms with van der Waals surface area (Å²) < 4.78 is 0. The van der Waals surface area contributed by atoms with Crippen molar-refractivity contribution in [1.29, 1.82) is 0 Å². The SMILES string of the molecule is Cc1cc(C)cc(CSCC(=O)N(Cc2ccc(Cl)cc2)[C@H](C)C(=O)NC(C)C)c1. The second kappa shape index (κ2) is 11.4. The predicted octanol–water partition coefficient (Wildman–Crippen LogP) is 5.13. The molecule has 4 nitrogen and oxygen atoms in total. The van der Waals surface area contributed by atoms with Crippen molar-refractivity contribution in [2.75, 3.05) is 5.75 Å². The van der Waals surface area contributed by atoms with Crippen LogP contribution < -0.4 is 5.32 Å². The molecule has 1 N–H and O–H groups in total. The normalized spacial score (nSPS) is 12.0. The highest BCUT2D eigenvalue weighted by molar-refractivity contribution is 7.99. The number of aryl methyl sites for hydroxylation is 2. The molecule has 2 aromatic carbocycles. The van der Waals surface area contributed by atoms with Crippen LogP contribution in [0.15, 0.2) is 42.5 Å². The van der Waals surface area contributed by atoms with Crippen LogP contribution in [0.4, 0.5) is 0 Å². The van der Waals surface area contributed by atoms with Gasteiger partial charge in [-0.2, -0.15) is 0 Å². The Bertz CT molecular complexity index is 848. The number of hydrogen-bond donors (Lipinski definition) is 1. The van der Waals surface area contributed by atoms with Crippen LogP contribution in [0.2, 0.25) is 5.02 Å². The third-order valence-electron chi connectivity index (χ3n) is 4.64. The number of hydrogen-bond acceptors (Lipinski definition) is 3. The molecular formula is C24H31ClN2O2S. The van der Waals surface area contributed by atoms with Gasteiger partial charge in [-0.1, -0.05) is 53.1 Å². The summed E-state index contributed by atoms with van der Waals surface area (Å²) in [6.45, 7) is 10.1. The molecule has 2 amide bonds. The maximum absolute atomic E-state index is 13.1. The molecule has 6 heteroatoms. The van der Waals surface area contributed by atoms with Crippen molar-refractivity contribution in [2.45, 2.75) is 59.0 Å². The number of amides is 2. The average molecular weight is 447 g/mol. The molecule has 0 fully saturated rings. The van der Waals surface area contributed by atoms with Crippen molar-refractivity contribution < 1.29 is 9.59 Å². The zero-order valence-electron chi connectivity index (χ0n) is 18.4. The lowest BCUT2D eigenvalue weighted by Gasteiger charge is -2.29. The van der Waals surface area contributed by atoms with E-state index < -0.39 is 6.04 Å². The summed E-state index contributed by atoms with van der Waals surface area (Å²) in [5.74, 6) is 0.882. The molecular weight excluding hydrogens is 416 g/mol. The smallest absolute Gasteiger partial charge is 0.242 e. The lowest BCUT2D eigenvalue weighted by atomic mass is 10.1. The van der Waals surface area contributed by atoms with E-state index in [1.807, 2.05) is 26.0 Å². The van der Waals surface area contributed by atoms with Gasteiger partial charge in [0.1, 0.15) is 6.04 Å². The molecule has 0 saturated carbocycles. The minimum Gasteiger partial charge on any atom is -0.352 e. The summed E-state index contributed by atoms with van der Waals surface area (Å²) in [6.07, 6.45) is 0. The molecule has 0 bridgehead atoms. The molecule has 0 aliphatic heterocycles. The molecule has 2 aromatic rings. The summed E-state index contributed by atoms with van der Waals surface area (Å²) in [7, 11) is 0. The molecule has 0 heterocycles. The first kappa shape index (κ1) is 24.3. The maximum atomic E-state index is 13.1. The molecule has 0 aliphatic rings. The van der Waals surface area contributed by atoms with Gasteiger partial charge in [0.25, 0.3) is 0 Å². The molecule has 0 spiro atoms. The van der Waals surface area contributed by atoms with Crippen LogP contribution in [0.3, 0.4) is 0 Å². The summed E-state index contributed by atoms with van der Waals surface area (Å²) in [4.78, 5) is 27.3. The van der Waals surface area contributed by atoms with E-state index in [1.165, 1.54) is 16.7 Å². The highest BCUT2D eigenvalue weighted by Gasteiger charge is 2.26. The highest BCUT2D eigenvalue weighted by atomic mass is 35.5. The highest BCUT2D eigenvalue weighted by Crippen LogP contribution is 2.19. The Labute approximate surface area is 189 Å². The first-order valence-corrected chi connectivity index (χ1v) is 11.7. The van der Waals surface area contributed by atoms with Crippen LogP contribution in [0, 0.1) is 13.8 Å². The molecule has 1 atom stereocenters. The van der Waals surface area contributed by atoms with Crippen molar-refractivity contribution >= 4 is 35.2 Å². The van der Waals surface area contributed by atoms with E-state index in [0.29, 0.717) is 17.3 Å². The maximum Gasteiger partial charge on any atom is 0.242 e. The second-order valence-electron chi connectivity index (χ2n) is 7.98. The standard InChI is InChI=1S/C24H31ClN2O2S/c1-16(2)26-24(29)19(5)27(13-20-6-8-22(25)9-7-20)23(28)15-30-14-21-11-17(3)10-18(4)12-21/h6-12,16,19H,13-15H2,1-5H3,(H,26,29)/t19-/m1/s1. The van der Waals surface area contributed by atoms with E-state index in [0.717, 1.165) is 11.3 Å². The quantitative estimate of drug-likeness (QED) is 0.580. The largest absolute Gasteiger partial charge is 0.352 e. The Morgan fingerprint density at radius 2 is 1.60 bits per heavy atom. The Balaban J connectivity index is 2.08. The molecule has 0 aromatic heterocycles. The number of carbonyl (C=O) groups is 2. The Hall–Kier alpha value is -1.98. The lowest BCUT2D eigenvalue weighted by molar-refractivity contribution is -0.138. The minimum absolute atomic E-state index is 0.0198. The molecule has 0 unspecified atom stereocenters. The van der Waals surface area contributed by atoms with Gasteiger partial charge in [0, 0.05) is 23.4 Å². The van der Waals surface area contributed by atoms with Crippen LogP contribution in [0.5, 0.6) is 0 Å². The Kier molecular flexibility index (Phi) is 9.25. The molecule has 0 saturated heterocycles. The van der Waals surface area contributed by atoms with E-state index >= 15 is 0 Å². The molecule has 0 radical (unpaired) electrons. The van der Waals surface area contributed by atoms with Crippen LogP contribution in [0.25, 0.3) is 0 Å². The number of halogens is 1. The number of benzene rings is 2. The number of nitrogens with zero attached hydrogens (tertiary/aromatic N) is 1. The Morgan fingerprint density at radius 3 is 2.17 bits per heavy atom. The minimum atomic E-state index is -0.558. The fraction of sp³-hybridized carbons (Fsp3) is 0.417. The summed E-state index contributed by atoms with van der Waals surface area (Å²) >= 11 is 7.55. The van der Waals surface area contributed by atoms with Gasteiger partial charge in [0.05, 0.1) is 5.75 Å². The van der Waals surface area contributed by atoms with Gasteiger partial charge in [0.15, 0.2) is 0 Å². The lowest BCUT2D eigenvalue weighted by Crippen LogP contribution is -2.49. The first-order valence-electron chi connectivity index (χ1n) is 10.1. The van der Waals surface area contributed by atoms with Crippen molar-refractivity contribution in [1.82, 2.24) is 10.2 Å². The van der Waals surface area contributed by atoms with E-state index in [-0.39, 0.29) is 17.9 Å². The number of carbonyl (C=O) groups excluding carboxylic acids is 2. The van der Waals surface area contributed by atoms with Crippen LogP contribution >= 0.6 is 23.4 Å². The van der Waals surface area contributed by atoms with Gasteiger partial charge in [-0.25, -0.2) is 0 Å². The van der Waals surface area contributed by atoms with Crippen molar-refractivity contribution in [2.24, 2.45) is 0 Å². The van der Waals surface area contributed by atoms with Gasteiger partial charge < -0.3 is 10.2 Å². The predicted molar refractivity (Wildman–Crippen MR) is 127 cm³/mol. The third kappa shape index (κ3) is 7.69. The van der Waals surface area contributed by atoms with Crippen LogP contribution in [-0.2, 0) is 21.9 Å². The van der Waals surface area contributed by atoms with Crippen molar-refractivity contribution in [3.8, 4) is 0 Å². The number of thioether (sulfide) groups is 1. The summed E-state index contributed by atoms with van der Waals surface area (Å²) in [5, 5.41) is 3.55. The zero-order chi connectivity index (χ0) is 22.3. The van der Waals surface area contributed by atoms with Gasteiger partial charge in [0.2, 0.25) is 11.8 Å². The number of rotatable bonds is 9. The zero-order valence-corrected chi connectivity index (χ0v) is 19.9. The van der Waals surface area contributed by atoms with Crippen LogP contribution in [-0.4, -0.2) is 34.6 Å². The molecule has 0 aliphatic carbocycles. The van der Waals surface area contributed by atoms with Gasteiger partial charge in [-0.3, -0.25) is 9.59 Å². The van der Waals surface area contributed by atoms with E-state index in [1.54, 1.807) is 35.7 Å². The van der Waals surface area contributed by atoms with Gasteiger partial charge in [-0.05, 0) is 57.9 Å². The molecule has 2 rings (SSSR count). The topological polar surface area (TPSA) is 49.4 Å². The van der Waals surface area contributed by atoms with Gasteiger partial charge >= 0.3 is 0 Å². The Morgan fingerprint density at radius 1 is 1.00 bits per heavy atom. The monoisotopic (exact) mass is 446 g/mol. The van der Waals surface area contributed by atoms with Crippen molar-refractivity contribution in [3.63, 3.8) is 0 Å². The average Bonchev–Trinajstić information content (AvgIpc) is 2.65. The van der Waals surface area contributed by atoms with Gasteiger partial charge in [-0.15, -0.1) is 11.8 Å². The summed E-state index contributed by atoms with van der Waals surface area (Å²) in [5.41, 5.74) is 4.59. The van der Waals surface area contributed by atoms with E-state index in [9.17, 15) is 9.59 Å². The van der Waals surface area contributed by atoms with Crippen molar-refractivity contribution in [3.05, 3.63) is 69.7 Å². The van der Waals surface area contributed by atoms with Crippen LogP contribution in [0.1, 0.15) is 43.0 Å². The summed E-state index contributed by atoms with van der Waals surface area (Å²) in [6, 6.07) is 13.3. The molecule has 162 valence electrons.